The Bertz CT molecular complexity index is 750. The number of benzene rings is 1. The molecule has 0 saturated carbocycles. The van der Waals surface area contributed by atoms with Crippen molar-refractivity contribution in [3.63, 3.8) is 0 Å². The van der Waals surface area contributed by atoms with Crippen molar-refractivity contribution in [2.45, 2.75) is 31.8 Å². The van der Waals surface area contributed by atoms with Crippen LogP contribution in [0.5, 0.6) is 0 Å². The Balaban J connectivity index is 2.22. The molecule has 3 N–H and O–H groups in total. The minimum atomic E-state index is -3.58. The second-order valence-corrected chi connectivity index (χ2v) is 6.68. The van der Waals surface area contributed by atoms with E-state index < -0.39 is 10.0 Å². The van der Waals surface area contributed by atoms with E-state index in [1.165, 1.54) is 0 Å². The van der Waals surface area contributed by atoms with Gasteiger partial charge in [0.25, 0.3) is 0 Å². The molecular weight excluding hydrogens is 288 g/mol. The van der Waals surface area contributed by atoms with E-state index in [0.29, 0.717) is 17.9 Å². The van der Waals surface area contributed by atoms with Crippen LogP contribution >= 0.6 is 0 Å². The molecule has 0 fully saturated rings. The van der Waals surface area contributed by atoms with Crippen molar-refractivity contribution in [2.75, 3.05) is 0 Å². The molecular formula is C14H20N4O2S. The van der Waals surface area contributed by atoms with Gasteiger partial charge in [-0.1, -0.05) is 24.3 Å². The first-order chi connectivity index (χ1) is 9.85. The standard InChI is InChI=1S/C14H20N4O2S/c1-10-14(11(2)18(3)17-10)21(19,20)16-9-13-6-4-5-12(7-13)8-15/h4-7,16H,8-9,15H2,1-3H3. The molecule has 1 aromatic carbocycles. The van der Waals surface area contributed by atoms with Crippen molar-refractivity contribution in [2.24, 2.45) is 12.8 Å². The molecule has 1 aromatic heterocycles. The van der Waals surface area contributed by atoms with E-state index in [1.54, 1.807) is 25.6 Å². The molecule has 0 amide bonds. The third-order valence-electron chi connectivity index (χ3n) is 3.40. The first-order valence-corrected chi connectivity index (χ1v) is 8.11. The van der Waals surface area contributed by atoms with Crippen LogP contribution in [-0.2, 0) is 30.2 Å². The number of nitrogens with two attached hydrogens (primary N) is 1. The third kappa shape index (κ3) is 3.31. The van der Waals surface area contributed by atoms with Crippen molar-refractivity contribution in [1.29, 1.82) is 0 Å². The molecule has 6 nitrogen and oxygen atoms in total. The molecule has 0 aliphatic carbocycles. The molecule has 0 saturated heterocycles. The van der Waals surface area contributed by atoms with E-state index in [0.717, 1.165) is 11.1 Å². The zero-order valence-electron chi connectivity index (χ0n) is 12.4. The summed E-state index contributed by atoms with van der Waals surface area (Å²) in [5, 5.41) is 4.14. The zero-order chi connectivity index (χ0) is 15.6. The molecule has 0 aliphatic rings. The molecule has 21 heavy (non-hydrogen) atoms. The van der Waals surface area contributed by atoms with Crippen LogP contribution in [0, 0.1) is 13.8 Å². The number of nitrogens with zero attached hydrogens (tertiary/aromatic N) is 2. The van der Waals surface area contributed by atoms with Crippen molar-refractivity contribution >= 4 is 10.0 Å². The Labute approximate surface area is 125 Å². The highest BCUT2D eigenvalue weighted by molar-refractivity contribution is 7.89. The van der Waals surface area contributed by atoms with Gasteiger partial charge in [0.05, 0.1) is 11.4 Å². The van der Waals surface area contributed by atoms with Gasteiger partial charge in [-0.05, 0) is 25.0 Å². The highest BCUT2D eigenvalue weighted by Gasteiger charge is 2.23. The summed E-state index contributed by atoms with van der Waals surface area (Å²) in [6, 6.07) is 7.54. The Morgan fingerprint density at radius 2 is 1.95 bits per heavy atom. The lowest BCUT2D eigenvalue weighted by Crippen LogP contribution is -2.24. The SMILES string of the molecule is Cc1nn(C)c(C)c1S(=O)(=O)NCc1cccc(CN)c1. The van der Waals surface area contributed by atoms with E-state index in [2.05, 4.69) is 9.82 Å². The number of rotatable bonds is 5. The smallest absolute Gasteiger partial charge is 0.244 e. The molecule has 1 heterocycles. The minimum Gasteiger partial charge on any atom is -0.326 e. The summed E-state index contributed by atoms with van der Waals surface area (Å²) in [5.74, 6) is 0. The van der Waals surface area contributed by atoms with Crippen molar-refractivity contribution < 1.29 is 8.42 Å². The Kier molecular flexibility index (Phi) is 4.46. The van der Waals surface area contributed by atoms with Gasteiger partial charge in [0.2, 0.25) is 10.0 Å². The lowest BCUT2D eigenvalue weighted by molar-refractivity contribution is 0.579. The highest BCUT2D eigenvalue weighted by Crippen LogP contribution is 2.18. The van der Waals surface area contributed by atoms with E-state index in [1.807, 2.05) is 24.3 Å². The van der Waals surface area contributed by atoms with Crippen molar-refractivity contribution in [3.05, 3.63) is 46.8 Å². The number of hydrogen-bond acceptors (Lipinski definition) is 4. The maximum absolute atomic E-state index is 12.4. The Morgan fingerprint density at radius 1 is 1.29 bits per heavy atom. The van der Waals surface area contributed by atoms with Crippen LogP contribution in [0.15, 0.2) is 29.2 Å². The molecule has 0 aliphatic heterocycles. The van der Waals surface area contributed by atoms with E-state index >= 15 is 0 Å². The van der Waals surface area contributed by atoms with Gasteiger partial charge in [-0.2, -0.15) is 5.10 Å². The molecule has 114 valence electrons. The highest BCUT2D eigenvalue weighted by atomic mass is 32.2. The first kappa shape index (κ1) is 15.7. The number of hydrogen-bond donors (Lipinski definition) is 2. The number of nitrogens with one attached hydrogen (secondary N) is 1. The van der Waals surface area contributed by atoms with Crippen molar-refractivity contribution in [1.82, 2.24) is 14.5 Å². The van der Waals surface area contributed by atoms with Crippen LogP contribution in [0.3, 0.4) is 0 Å². The number of aromatic nitrogens is 2. The lowest BCUT2D eigenvalue weighted by atomic mass is 10.1. The van der Waals surface area contributed by atoms with E-state index in [9.17, 15) is 8.42 Å². The van der Waals surface area contributed by atoms with Gasteiger partial charge in [-0.15, -0.1) is 0 Å². The molecule has 7 heteroatoms. The number of aryl methyl sites for hydroxylation is 2. The van der Waals surface area contributed by atoms with E-state index in [-0.39, 0.29) is 11.4 Å². The summed E-state index contributed by atoms with van der Waals surface area (Å²) in [6.07, 6.45) is 0. The largest absolute Gasteiger partial charge is 0.326 e. The van der Waals surface area contributed by atoms with E-state index in [4.69, 9.17) is 5.73 Å². The fraction of sp³-hybridized carbons (Fsp3) is 0.357. The zero-order valence-corrected chi connectivity index (χ0v) is 13.2. The lowest BCUT2D eigenvalue weighted by Gasteiger charge is -2.08. The normalized spacial score (nSPS) is 11.8. The van der Waals surface area contributed by atoms with Crippen LogP contribution in [0.25, 0.3) is 0 Å². The Morgan fingerprint density at radius 3 is 2.52 bits per heavy atom. The summed E-state index contributed by atoms with van der Waals surface area (Å²) in [4.78, 5) is 0.250. The summed E-state index contributed by atoms with van der Waals surface area (Å²) < 4.78 is 29.0. The van der Waals surface area contributed by atoms with Crippen LogP contribution in [0.1, 0.15) is 22.5 Å². The van der Waals surface area contributed by atoms with Crippen LogP contribution < -0.4 is 10.5 Å². The second-order valence-electron chi connectivity index (χ2n) is 4.97. The fourth-order valence-electron chi connectivity index (χ4n) is 2.26. The third-order valence-corrected chi connectivity index (χ3v) is 5.06. The van der Waals surface area contributed by atoms with Crippen LogP contribution in [0.2, 0.25) is 0 Å². The summed E-state index contributed by atoms with van der Waals surface area (Å²) >= 11 is 0. The predicted octanol–water partition coefficient (Wildman–Crippen LogP) is 0.974. The molecule has 0 radical (unpaired) electrons. The first-order valence-electron chi connectivity index (χ1n) is 6.63. The molecule has 2 rings (SSSR count). The predicted molar refractivity (Wildman–Crippen MR) is 81.0 cm³/mol. The average Bonchev–Trinajstić information content (AvgIpc) is 2.71. The van der Waals surface area contributed by atoms with Crippen LogP contribution in [0.4, 0.5) is 0 Å². The van der Waals surface area contributed by atoms with Gasteiger partial charge in [-0.25, -0.2) is 13.1 Å². The topological polar surface area (TPSA) is 90.0 Å². The summed E-state index contributed by atoms with van der Waals surface area (Å²) in [7, 11) is -1.85. The second kappa shape index (κ2) is 5.97. The average molecular weight is 308 g/mol. The van der Waals surface area contributed by atoms with Gasteiger partial charge < -0.3 is 5.73 Å². The van der Waals surface area contributed by atoms with Gasteiger partial charge in [0.1, 0.15) is 4.90 Å². The number of sulfonamides is 1. The molecule has 0 atom stereocenters. The molecule has 0 bridgehead atoms. The van der Waals surface area contributed by atoms with Crippen molar-refractivity contribution in [3.8, 4) is 0 Å². The van der Waals surface area contributed by atoms with Gasteiger partial charge in [0.15, 0.2) is 0 Å². The van der Waals surface area contributed by atoms with Crippen LogP contribution in [-0.4, -0.2) is 18.2 Å². The van der Waals surface area contributed by atoms with Gasteiger partial charge in [0, 0.05) is 20.1 Å². The minimum absolute atomic E-state index is 0.226. The molecule has 2 aromatic rings. The Hall–Kier alpha value is -1.70. The fourth-order valence-corrected chi connectivity index (χ4v) is 3.71. The quantitative estimate of drug-likeness (QED) is 0.861. The maximum atomic E-state index is 12.4. The van der Waals surface area contributed by atoms with Gasteiger partial charge in [-0.3, -0.25) is 4.68 Å². The van der Waals surface area contributed by atoms with Gasteiger partial charge >= 0.3 is 0 Å². The monoisotopic (exact) mass is 308 g/mol. The molecule has 0 unspecified atom stereocenters. The molecule has 0 spiro atoms. The maximum Gasteiger partial charge on any atom is 0.244 e. The summed E-state index contributed by atoms with van der Waals surface area (Å²) in [5.41, 5.74) is 8.55. The summed E-state index contributed by atoms with van der Waals surface area (Å²) in [6.45, 7) is 4.09.